The minimum Gasteiger partial charge on any atom is -0.376 e. The molecule has 20 heavy (non-hydrogen) atoms. The largest absolute Gasteiger partial charge is 0.376 e. The van der Waals surface area contributed by atoms with Gasteiger partial charge < -0.3 is 15.0 Å². The summed E-state index contributed by atoms with van der Waals surface area (Å²) in [6, 6.07) is 0.403. The minimum atomic E-state index is 0.261. The molecule has 5 nitrogen and oxygen atoms in total. The third-order valence-electron chi connectivity index (χ3n) is 4.48. The van der Waals surface area contributed by atoms with Gasteiger partial charge in [0.25, 0.3) is 0 Å². The number of ether oxygens (including phenoxy) is 1. The van der Waals surface area contributed by atoms with E-state index in [1.165, 1.54) is 12.8 Å². The lowest BCUT2D eigenvalue weighted by Crippen LogP contribution is -2.38. The van der Waals surface area contributed by atoms with Gasteiger partial charge in [-0.15, -0.1) is 0 Å². The molecular formula is C15H24N4O. The Bertz CT molecular complexity index is 501. The normalized spacial score (nSPS) is 25.8. The van der Waals surface area contributed by atoms with Crippen LogP contribution in [0.2, 0.25) is 0 Å². The lowest BCUT2D eigenvalue weighted by Gasteiger charge is -2.29. The molecule has 3 rings (SSSR count). The fraction of sp³-hybridized carbons (Fsp3) is 0.733. The van der Waals surface area contributed by atoms with Gasteiger partial charge in [-0.1, -0.05) is 0 Å². The van der Waals surface area contributed by atoms with Gasteiger partial charge in [0.05, 0.1) is 12.1 Å². The van der Waals surface area contributed by atoms with E-state index in [0.29, 0.717) is 12.0 Å². The third kappa shape index (κ3) is 2.35. The SMILES string of the molecule is CNc1nc(C2CC2)nc(N(C)C2CCOC2C)c1C. The Balaban J connectivity index is 1.96. The zero-order valence-electron chi connectivity index (χ0n) is 12.8. The molecule has 110 valence electrons. The zero-order chi connectivity index (χ0) is 14.3. The monoisotopic (exact) mass is 276 g/mol. The van der Waals surface area contributed by atoms with Crippen LogP contribution in [-0.4, -0.2) is 42.8 Å². The van der Waals surface area contributed by atoms with Crippen LogP contribution >= 0.6 is 0 Å². The van der Waals surface area contributed by atoms with E-state index in [9.17, 15) is 0 Å². The Morgan fingerprint density at radius 3 is 2.55 bits per heavy atom. The number of aromatic nitrogens is 2. The molecule has 0 spiro atoms. The summed E-state index contributed by atoms with van der Waals surface area (Å²) in [4.78, 5) is 11.8. The molecule has 5 heteroatoms. The lowest BCUT2D eigenvalue weighted by molar-refractivity contribution is 0.118. The fourth-order valence-electron chi connectivity index (χ4n) is 3.02. The van der Waals surface area contributed by atoms with Crippen LogP contribution in [0, 0.1) is 6.92 Å². The number of rotatable bonds is 4. The summed E-state index contributed by atoms with van der Waals surface area (Å²) < 4.78 is 5.69. The van der Waals surface area contributed by atoms with Crippen LogP contribution in [0.25, 0.3) is 0 Å². The van der Waals surface area contributed by atoms with Gasteiger partial charge in [0.15, 0.2) is 0 Å². The van der Waals surface area contributed by atoms with Crippen LogP contribution in [0.15, 0.2) is 0 Å². The first-order chi connectivity index (χ1) is 9.61. The number of likely N-dealkylation sites (N-methyl/N-ethyl adjacent to an activating group) is 1. The summed E-state index contributed by atoms with van der Waals surface area (Å²) in [5.41, 5.74) is 1.12. The number of hydrogen-bond donors (Lipinski definition) is 1. The van der Waals surface area contributed by atoms with Crippen molar-refractivity contribution in [3.05, 3.63) is 11.4 Å². The van der Waals surface area contributed by atoms with Crippen molar-refractivity contribution in [2.75, 3.05) is 30.9 Å². The molecule has 1 aromatic heterocycles. The van der Waals surface area contributed by atoms with Crippen molar-refractivity contribution in [2.45, 2.75) is 51.2 Å². The first-order valence-corrected chi connectivity index (χ1v) is 7.52. The predicted octanol–water partition coefficient (Wildman–Crippen LogP) is 2.32. The van der Waals surface area contributed by atoms with E-state index in [1.54, 1.807) is 0 Å². The summed E-state index contributed by atoms with van der Waals surface area (Å²) in [5, 5.41) is 3.21. The molecule has 0 aromatic carbocycles. The van der Waals surface area contributed by atoms with Crippen molar-refractivity contribution in [3.63, 3.8) is 0 Å². The van der Waals surface area contributed by atoms with Crippen LogP contribution in [0.4, 0.5) is 11.6 Å². The van der Waals surface area contributed by atoms with E-state index in [4.69, 9.17) is 9.72 Å². The standard InChI is InChI=1S/C15H24N4O/c1-9-13(16-3)17-14(11-5-6-11)18-15(9)19(4)12-7-8-20-10(12)2/h10-12H,5-8H2,1-4H3,(H,16,17,18). The van der Waals surface area contributed by atoms with Crippen LogP contribution in [-0.2, 0) is 4.74 Å². The van der Waals surface area contributed by atoms with E-state index < -0.39 is 0 Å². The quantitative estimate of drug-likeness (QED) is 0.914. The summed E-state index contributed by atoms with van der Waals surface area (Å²) in [6.45, 7) is 5.08. The molecule has 1 aromatic rings. The van der Waals surface area contributed by atoms with Gasteiger partial charge in [-0.2, -0.15) is 0 Å². The summed E-state index contributed by atoms with van der Waals surface area (Å²) in [5.74, 6) is 3.56. The summed E-state index contributed by atoms with van der Waals surface area (Å²) >= 11 is 0. The van der Waals surface area contributed by atoms with Crippen molar-refractivity contribution in [1.29, 1.82) is 0 Å². The molecular weight excluding hydrogens is 252 g/mol. The van der Waals surface area contributed by atoms with Gasteiger partial charge in [0, 0.05) is 32.2 Å². The van der Waals surface area contributed by atoms with E-state index in [0.717, 1.165) is 36.1 Å². The average Bonchev–Trinajstić information content (AvgIpc) is 3.20. The number of hydrogen-bond acceptors (Lipinski definition) is 5. The molecule has 1 aliphatic carbocycles. The molecule has 2 unspecified atom stereocenters. The number of nitrogens with zero attached hydrogens (tertiary/aromatic N) is 3. The maximum Gasteiger partial charge on any atom is 0.137 e. The Hall–Kier alpha value is -1.36. The highest BCUT2D eigenvalue weighted by Crippen LogP contribution is 2.40. The Labute approximate surface area is 120 Å². The molecule has 1 N–H and O–H groups in total. The van der Waals surface area contributed by atoms with E-state index in [-0.39, 0.29) is 6.10 Å². The first-order valence-electron chi connectivity index (χ1n) is 7.52. The fourth-order valence-corrected chi connectivity index (χ4v) is 3.02. The molecule has 2 fully saturated rings. The number of anilines is 2. The van der Waals surface area contributed by atoms with Crippen LogP contribution in [0.3, 0.4) is 0 Å². The van der Waals surface area contributed by atoms with Gasteiger partial charge in [-0.05, 0) is 33.1 Å². The van der Waals surface area contributed by atoms with Crippen molar-refractivity contribution in [2.24, 2.45) is 0 Å². The maximum atomic E-state index is 5.69. The third-order valence-corrected chi connectivity index (χ3v) is 4.48. The highest BCUT2D eigenvalue weighted by Gasteiger charge is 2.32. The zero-order valence-corrected chi connectivity index (χ0v) is 12.8. The second kappa shape index (κ2) is 5.20. The Kier molecular flexibility index (Phi) is 3.54. The number of nitrogens with one attached hydrogen (secondary N) is 1. The topological polar surface area (TPSA) is 50.3 Å². The highest BCUT2D eigenvalue weighted by molar-refractivity contribution is 5.59. The molecule has 2 aliphatic rings. The summed E-state index contributed by atoms with van der Waals surface area (Å²) in [6.07, 6.45) is 3.77. The van der Waals surface area contributed by atoms with Crippen molar-refractivity contribution in [1.82, 2.24) is 9.97 Å². The van der Waals surface area contributed by atoms with Gasteiger partial charge in [0.1, 0.15) is 17.5 Å². The predicted molar refractivity (Wildman–Crippen MR) is 80.5 cm³/mol. The average molecular weight is 276 g/mol. The minimum absolute atomic E-state index is 0.261. The molecule has 1 aliphatic heterocycles. The second-order valence-corrected chi connectivity index (χ2v) is 5.95. The maximum absolute atomic E-state index is 5.69. The van der Waals surface area contributed by atoms with Crippen molar-refractivity contribution >= 4 is 11.6 Å². The van der Waals surface area contributed by atoms with Crippen LogP contribution in [0.5, 0.6) is 0 Å². The van der Waals surface area contributed by atoms with Crippen LogP contribution in [0.1, 0.15) is 43.5 Å². The van der Waals surface area contributed by atoms with Gasteiger partial charge in [-0.3, -0.25) is 0 Å². The van der Waals surface area contributed by atoms with E-state index in [2.05, 4.69) is 36.1 Å². The molecule has 1 saturated carbocycles. The molecule has 0 bridgehead atoms. The molecule has 2 heterocycles. The molecule has 0 amide bonds. The smallest absolute Gasteiger partial charge is 0.137 e. The molecule has 1 saturated heterocycles. The van der Waals surface area contributed by atoms with Crippen LogP contribution < -0.4 is 10.2 Å². The van der Waals surface area contributed by atoms with Crippen molar-refractivity contribution in [3.8, 4) is 0 Å². The second-order valence-electron chi connectivity index (χ2n) is 5.95. The van der Waals surface area contributed by atoms with E-state index >= 15 is 0 Å². The Morgan fingerprint density at radius 2 is 2.00 bits per heavy atom. The van der Waals surface area contributed by atoms with Gasteiger partial charge in [-0.25, -0.2) is 9.97 Å². The molecule has 0 radical (unpaired) electrons. The lowest BCUT2D eigenvalue weighted by atomic mass is 10.1. The van der Waals surface area contributed by atoms with Gasteiger partial charge in [0.2, 0.25) is 0 Å². The summed E-state index contributed by atoms with van der Waals surface area (Å²) in [7, 11) is 4.05. The van der Waals surface area contributed by atoms with E-state index in [1.807, 2.05) is 7.05 Å². The highest BCUT2D eigenvalue weighted by atomic mass is 16.5. The first kappa shape index (κ1) is 13.6. The Morgan fingerprint density at radius 1 is 1.25 bits per heavy atom. The molecule has 2 atom stereocenters. The van der Waals surface area contributed by atoms with Gasteiger partial charge >= 0.3 is 0 Å². The van der Waals surface area contributed by atoms with Crippen molar-refractivity contribution < 1.29 is 4.74 Å².